The summed E-state index contributed by atoms with van der Waals surface area (Å²) in [7, 11) is -1.98. The third-order valence-electron chi connectivity index (χ3n) is 5.90. The molecular weight excluding hydrogens is 713 g/mol. The summed E-state index contributed by atoms with van der Waals surface area (Å²) in [5.41, 5.74) is 0. The van der Waals surface area contributed by atoms with Crippen LogP contribution in [0.1, 0.15) is 19.8 Å². The number of hydrogen-bond acceptors (Lipinski definition) is 6. The van der Waals surface area contributed by atoms with Crippen molar-refractivity contribution in [3.8, 4) is 0 Å². The summed E-state index contributed by atoms with van der Waals surface area (Å²) in [6.07, 6.45) is 4.98. The van der Waals surface area contributed by atoms with Crippen molar-refractivity contribution in [3.63, 3.8) is 0 Å². The second-order valence-electron chi connectivity index (χ2n) is 8.25. The topological polar surface area (TPSA) is 97.3 Å². The molecule has 2 aromatic carbocycles. The van der Waals surface area contributed by atoms with E-state index in [9.17, 15) is 16.8 Å². The van der Waals surface area contributed by atoms with Gasteiger partial charge in [-0.2, -0.15) is 4.31 Å². The minimum Gasteiger partial charge on any atom is -0.243 e. The Bertz CT molecular complexity index is 1740. The Morgan fingerprint density at radius 3 is 1.78 bits per heavy atom. The van der Waals surface area contributed by atoms with Crippen LogP contribution < -0.4 is 0 Å². The quantitative estimate of drug-likeness (QED) is 0.161. The summed E-state index contributed by atoms with van der Waals surface area (Å²) in [5, 5.41) is 3.35. The molecule has 0 spiro atoms. The molecule has 1 fully saturated rings. The molecule has 14 heteroatoms. The Balaban J connectivity index is 0.000000180. The lowest BCUT2D eigenvalue weighted by Gasteiger charge is -2.21. The van der Waals surface area contributed by atoms with Crippen LogP contribution in [0.15, 0.2) is 67.5 Å². The summed E-state index contributed by atoms with van der Waals surface area (Å²) >= 11 is 18.7. The maximum atomic E-state index is 12.7. The normalized spacial score (nSPS) is 16.6. The standard InChI is InChI=1S/C14H14BrClN2O2S.C9H4BrCl2NO2S/c1-9-3-2-6-18(9)21(19,20)10-4-5-11-12(7-10)14(16)17-8-13(11)15;10-8-4-13-9(11)7-3-5(16(12,14)15)1-2-6(7)8/h4-5,7-9H,2-3,6H2,1H3;1-4H. The highest BCUT2D eigenvalue weighted by Crippen LogP contribution is 2.33. The highest BCUT2D eigenvalue weighted by Gasteiger charge is 2.32. The number of sulfonamides is 1. The van der Waals surface area contributed by atoms with Gasteiger partial charge in [-0.1, -0.05) is 35.3 Å². The number of pyridine rings is 2. The lowest BCUT2D eigenvalue weighted by atomic mass is 10.2. The molecule has 4 aromatic rings. The fraction of sp³-hybridized carbons (Fsp3) is 0.217. The van der Waals surface area contributed by atoms with E-state index in [0.29, 0.717) is 22.5 Å². The van der Waals surface area contributed by atoms with Gasteiger partial charge in [0.15, 0.2) is 0 Å². The zero-order valence-corrected chi connectivity index (χ0v) is 26.1. The Morgan fingerprint density at radius 2 is 1.32 bits per heavy atom. The van der Waals surface area contributed by atoms with Crippen molar-refractivity contribution in [2.45, 2.75) is 35.6 Å². The van der Waals surface area contributed by atoms with Gasteiger partial charge in [0.1, 0.15) is 10.3 Å². The summed E-state index contributed by atoms with van der Waals surface area (Å²) in [6, 6.07) is 9.49. The smallest absolute Gasteiger partial charge is 0.243 e. The van der Waals surface area contributed by atoms with Crippen molar-refractivity contribution in [1.82, 2.24) is 14.3 Å². The van der Waals surface area contributed by atoms with Gasteiger partial charge >= 0.3 is 0 Å². The first kappa shape index (κ1) is 28.9. The molecule has 1 saturated heterocycles. The molecule has 0 bridgehead atoms. The van der Waals surface area contributed by atoms with Crippen LogP contribution in [0, 0.1) is 0 Å². The Labute approximate surface area is 245 Å². The van der Waals surface area contributed by atoms with Crippen LogP contribution in [0.25, 0.3) is 21.5 Å². The predicted molar refractivity (Wildman–Crippen MR) is 155 cm³/mol. The third kappa shape index (κ3) is 6.09. The van der Waals surface area contributed by atoms with E-state index in [1.165, 1.54) is 12.1 Å². The van der Waals surface area contributed by atoms with Gasteiger partial charge in [-0.05, 0) is 75.9 Å². The molecule has 3 heterocycles. The molecule has 0 N–H and O–H groups in total. The molecule has 0 radical (unpaired) electrons. The molecule has 37 heavy (non-hydrogen) atoms. The first-order valence-corrected chi connectivity index (χ1v) is 16.8. The monoisotopic (exact) mass is 727 g/mol. The fourth-order valence-corrected chi connectivity index (χ4v) is 7.83. The Morgan fingerprint density at radius 1 is 0.838 bits per heavy atom. The van der Waals surface area contributed by atoms with E-state index < -0.39 is 19.1 Å². The summed E-state index contributed by atoms with van der Waals surface area (Å²) in [6.45, 7) is 2.52. The number of rotatable bonds is 3. The number of nitrogens with zero attached hydrogens (tertiary/aromatic N) is 3. The summed E-state index contributed by atoms with van der Waals surface area (Å²) < 4.78 is 50.9. The second kappa shape index (κ2) is 11.2. The maximum Gasteiger partial charge on any atom is 0.261 e. The lowest BCUT2D eigenvalue weighted by molar-refractivity contribution is 0.408. The van der Waals surface area contributed by atoms with Crippen molar-refractivity contribution in [1.29, 1.82) is 0 Å². The van der Waals surface area contributed by atoms with Gasteiger partial charge in [-0.3, -0.25) is 0 Å². The zero-order chi connectivity index (χ0) is 27.1. The third-order valence-corrected chi connectivity index (χ3v) is 11.1. The van der Waals surface area contributed by atoms with Crippen molar-refractivity contribution in [3.05, 3.63) is 68.0 Å². The molecule has 1 aliphatic heterocycles. The van der Waals surface area contributed by atoms with E-state index in [1.54, 1.807) is 41.0 Å². The minimum absolute atomic E-state index is 0.00321. The number of benzene rings is 2. The second-order valence-corrected chi connectivity index (χ2v) is 15.1. The zero-order valence-electron chi connectivity index (χ0n) is 19.0. The van der Waals surface area contributed by atoms with Crippen LogP contribution >= 0.6 is 65.7 Å². The van der Waals surface area contributed by atoms with Gasteiger partial charge < -0.3 is 0 Å². The van der Waals surface area contributed by atoms with Crippen LogP contribution in [0.2, 0.25) is 10.3 Å². The van der Waals surface area contributed by atoms with E-state index in [2.05, 4.69) is 41.8 Å². The molecule has 7 nitrogen and oxygen atoms in total. The van der Waals surface area contributed by atoms with Gasteiger partial charge in [0.25, 0.3) is 9.05 Å². The van der Waals surface area contributed by atoms with Gasteiger partial charge in [0, 0.05) is 66.2 Å². The highest BCUT2D eigenvalue weighted by atomic mass is 79.9. The van der Waals surface area contributed by atoms with E-state index in [1.807, 2.05) is 6.92 Å². The number of aromatic nitrogens is 2. The van der Waals surface area contributed by atoms with Crippen molar-refractivity contribution in [2.24, 2.45) is 0 Å². The van der Waals surface area contributed by atoms with Gasteiger partial charge in [-0.25, -0.2) is 26.8 Å². The van der Waals surface area contributed by atoms with Crippen molar-refractivity contribution >= 4 is 106 Å². The number of fused-ring (bicyclic) bond motifs is 2. The lowest BCUT2D eigenvalue weighted by Crippen LogP contribution is -2.33. The minimum atomic E-state index is -3.75. The van der Waals surface area contributed by atoms with Gasteiger partial charge in [-0.15, -0.1) is 0 Å². The molecule has 5 rings (SSSR count). The van der Waals surface area contributed by atoms with Crippen molar-refractivity contribution in [2.75, 3.05) is 6.54 Å². The summed E-state index contributed by atoms with van der Waals surface area (Å²) in [4.78, 5) is 8.24. The average Bonchev–Trinajstić information content (AvgIpc) is 3.30. The molecule has 1 unspecified atom stereocenters. The van der Waals surface area contributed by atoms with Crippen LogP contribution in [0.4, 0.5) is 0 Å². The number of hydrogen-bond donors (Lipinski definition) is 0. The van der Waals surface area contributed by atoms with Crippen LogP contribution in [-0.2, 0) is 19.1 Å². The fourth-order valence-electron chi connectivity index (χ4n) is 4.02. The van der Waals surface area contributed by atoms with Crippen LogP contribution in [0.3, 0.4) is 0 Å². The first-order chi connectivity index (χ1) is 17.3. The van der Waals surface area contributed by atoms with Crippen LogP contribution in [-0.4, -0.2) is 43.7 Å². The Kier molecular flexibility index (Phi) is 8.77. The van der Waals surface area contributed by atoms with Gasteiger partial charge in [0.2, 0.25) is 10.0 Å². The molecule has 0 aliphatic carbocycles. The summed E-state index contributed by atoms with van der Waals surface area (Å²) in [5.74, 6) is 0. The predicted octanol–water partition coefficient (Wildman–Crippen LogP) is 7.40. The van der Waals surface area contributed by atoms with E-state index in [0.717, 1.165) is 32.6 Å². The first-order valence-electron chi connectivity index (χ1n) is 10.7. The number of halogens is 5. The molecular formula is C23H18Br2Cl3N3O4S2. The highest BCUT2D eigenvalue weighted by molar-refractivity contribution is 9.11. The molecule has 0 saturated carbocycles. The molecule has 2 aromatic heterocycles. The molecule has 196 valence electrons. The van der Waals surface area contributed by atoms with E-state index in [-0.39, 0.29) is 21.0 Å². The maximum absolute atomic E-state index is 12.7. The average molecular weight is 731 g/mol. The van der Waals surface area contributed by atoms with Gasteiger partial charge in [0.05, 0.1) is 9.79 Å². The largest absolute Gasteiger partial charge is 0.261 e. The molecule has 1 aliphatic rings. The van der Waals surface area contributed by atoms with Crippen molar-refractivity contribution < 1.29 is 16.8 Å². The van der Waals surface area contributed by atoms with E-state index in [4.69, 9.17) is 33.9 Å². The van der Waals surface area contributed by atoms with Crippen LogP contribution in [0.5, 0.6) is 0 Å². The SMILES string of the molecule is CC1CCCN1S(=O)(=O)c1ccc2c(Br)cnc(Cl)c2c1.O=S(=O)(Cl)c1ccc2c(Br)cnc(Cl)c2c1. The molecule has 1 atom stereocenters. The van der Waals surface area contributed by atoms with E-state index >= 15 is 0 Å². The molecule has 0 amide bonds. The Hall–Kier alpha value is -1.05.